The lowest BCUT2D eigenvalue weighted by molar-refractivity contribution is 0.0487. The predicted octanol–water partition coefficient (Wildman–Crippen LogP) is 2.55. The van der Waals surface area contributed by atoms with Crippen LogP contribution in [0, 0.1) is 6.92 Å². The maximum Gasteiger partial charge on any atom is 0.427 e. The topological polar surface area (TPSA) is 90.1 Å². The Morgan fingerprint density at radius 3 is 2.64 bits per heavy atom. The Kier molecular flexibility index (Phi) is 5.19. The first-order valence-corrected chi connectivity index (χ1v) is 7.37. The van der Waals surface area contributed by atoms with E-state index in [1.165, 1.54) is 0 Å². The Labute approximate surface area is 128 Å². The van der Waals surface area contributed by atoms with Gasteiger partial charge in [0, 0.05) is 17.5 Å². The third kappa shape index (κ3) is 3.29. The zero-order chi connectivity index (χ0) is 16.1. The average molecular weight is 308 g/mol. The van der Waals surface area contributed by atoms with E-state index in [1.54, 1.807) is 20.8 Å². The van der Waals surface area contributed by atoms with Crippen LogP contribution in [0.2, 0.25) is 0 Å². The molecule has 1 aliphatic rings. The van der Waals surface area contributed by atoms with E-state index < -0.39 is 12.1 Å². The minimum absolute atomic E-state index is 0.206. The first-order valence-electron chi connectivity index (χ1n) is 7.37. The van der Waals surface area contributed by atoms with Crippen molar-refractivity contribution >= 4 is 17.8 Å². The molecule has 0 saturated carbocycles. The summed E-state index contributed by atoms with van der Waals surface area (Å²) in [5, 5.41) is 4.10. The molecule has 0 spiro atoms. The molecule has 0 fully saturated rings. The van der Waals surface area contributed by atoms with Crippen LogP contribution in [0.3, 0.4) is 0 Å². The summed E-state index contributed by atoms with van der Waals surface area (Å²) in [6.45, 7) is 5.82. The van der Waals surface area contributed by atoms with Gasteiger partial charge in [0.15, 0.2) is 0 Å². The number of aryl methyl sites for hydroxylation is 1. The molecule has 1 aliphatic carbocycles. The lowest BCUT2D eigenvalue weighted by Gasteiger charge is -2.13. The smallest absolute Gasteiger partial charge is 0.427 e. The van der Waals surface area contributed by atoms with Crippen LogP contribution in [0.25, 0.3) is 0 Å². The van der Waals surface area contributed by atoms with Gasteiger partial charge in [-0.2, -0.15) is 5.10 Å². The second-order valence-corrected chi connectivity index (χ2v) is 4.82. The van der Waals surface area contributed by atoms with Crippen LogP contribution in [0.1, 0.15) is 54.1 Å². The number of carbonyl (C=O) groups excluding carboxylic acids is 2. The fraction of sp³-hybridized carbons (Fsp3) is 0.533. The molecule has 1 amide bonds. The number of amides is 1. The summed E-state index contributed by atoms with van der Waals surface area (Å²) >= 11 is 0. The Morgan fingerprint density at radius 2 is 1.95 bits per heavy atom. The van der Waals surface area contributed by atoms with Gasteiger partial charge >= 0.3 is 12.1 Å². The number of nitrogens with one attached hydrogen (secondary N) is 1. The molecule has 0 aromatic carbocycles. The summed E-state index contributed by atoms with van der Waals surface area (Å²) < 4.78 is 15.4. The van der Waals surface area contributed by atoms with Crippen molar-refractivity contribution in [3.05, 3.63) is 22.6 Å². The van der Waals surface area contributed by atoms with Gasteiger partial charge in [0.05, 0.1) is 18.9 Å². The van der Waals surface area contributed by atoms with Gasteiger partial charge in [-0.3, -0.25) is 0 Å². The zero-order valence-corrected chi connectivity index (χ0v) is 13.0. The highest BCUT2D eigenvalue weighted by Gasteiger charge is 2.28. The van der Waals surface area contributed by atoms with Gasteiger partial charge in [0.1, 0.15) is 5.76 Å². The van der Waals surface area contributed by atoms with E-state index in [0.717, 1.165) is 18.4 Å². The second-order valence-electron chi connectivity index (χ2n) is 4.82. The predicted molar refractivity (Wildman–Crippen MR) is 79.0 cm³/mol. The highest BCUT2D eigenvalue weighted by atomic mass is 16.6. The maximum atomic E-state index is 11.9. The molecule has 7 nitrogen and oxygen atoms in total. The van der Waals surface area contributed by atoms with Gasteiger partial charge in [0.25, 0.3) is 0 Å². The van der Waals surface area contributed by atoms with E-state index in [1.807, 2.05) is 0 Å². The summed E-state index contributed by atoms with van der Waals surface area (Å²) in [5.74, 6) is 0.431. The molecule has 0 radical (unpaired) electrons. The van der Waals surface area contributed by atoms with Crippen LogP contribution < -0.4 is 5.43 Å². The van der Waals surface area contributed by atoms with Gasteiger partial charge < -0.3 is 13.9 Å². The van der Waals surface area contributed by atoms with Crippen molar-refractivity contribution in [2.45, 2.75) is 40.0 Å². The maximum absolute atomic E-state index is 11.9. The van der Waals surface area contributed by atoms with E-state index in [2.05, 4.69) is 10.5 Å². The standard InChI is InChI=1S/C15H20N2O5/c1-4-20-14(18)13-9(3)12-10(7-6-8-11(12)22-13)16-17-15(19)21-5-2/h4-8H2,1-3H3,(H,17,19)/b16-10+. The zero-order valence-electron chi connectivity index (χ0n) is 13.0. The molecule has 7 heteroatoms. The van der Waals surface area contributed by atoms with E-state index >= 15 is 0 Å². The van der Waals surface area contributed by atoms with Crippen molar-refractivity contribution in [2.24, 2.45) is 5.10 Å². The minimum atomic E-state index is -0.603. The summed E-state index contributed by atoms with van der Waals surface area (Å²) in [5.41, 5.74) is 4.52. The Morgan fingerprint density at radius 1 is 1.23 bits per heavy atom. The van der Waals surface area contributed by atoms with Crippen molar-refractivity contribution in [3.8, 4) is 0 Å². The number of nitrogens with zero attached hydrogens (tertiary/aromatic N) is 1. The molecule has 0 aliphatic heterocycles. The van der Waals surface area contributed by atoms with Gasteiger partial charge in [-0.1, -0.05) is 0 Å². The second kappa shape index (κ2) is 7.11. The SMILES string of the molecule is CCOC(=O)N/N=C1\CCCc2oc(C(=O)OCC)c(C)c21. The number of hydrogen-bond acceptors (Lipinski definition) is 6. The molecule has 22 heavy (non-hydrogen) atoms. The molecule has 120 valence electrons. The largest absolute Gasteiger partial charge is 0.460 e. The van der Waals surface area contributed by atoms with Crippen molar-refractivity contribution in [1.29, 1.82) is 0 Å². The number of rotatable bonds is 4. The fourth-order valence-corrected chi connectivity index (χ4v) is 2.45. The van der Waals surface area contributed by atoms with Crippen LogP contribution in [-0.4, -0.2) is 31.0 Å². The molecule has 0 bridgehead atoms. The van der Waals surface area contributed by atoms with Crippen LogP contribution in [0.4, 0.5) is 4.79 Å². The number of carbonyl (C=O) groups is 2. The third-order valence-corrected chi connectivity index (χ3v) is 3.34. The molecule has 0 saturated heterocycles. The monoisotopic (exact) mass is 308 g/mol. The van der Waals surface area contributed by atoms with Crippen molar-refractivity contribution < 1.29 is 23.5 Å². The van der Waals surface area contributed by atoms with Crippen LogP contribution >= 0.6 is 0 Å². The molecule has 2 rings (SSSR count). The van der Waals surface area contributed by atoms with E-state index in [-0.39, 0.29) is 19.0 Å². The first-order chi connectivity index (χ1) is 10.6. The van der Waals surface area contributed by atoms with Crippen LogP contribution in [-0.2, 0) is 15.9 Å². The van der Waals surface area contributed by atoms with Gasteiger partial charge in [-0.15, -0.1) is 0 Å². The summed E-state index contributed by atoms with van der Waals surface area (Å²) in [7, 11) is 0. The number of fused-ring (bicyclic) bond motifs is 1. The molecular formula is C15H20N2O5. The lowest BCUT2D eigenvalue weighted by atomic mass is 9.93. The quantitative estimate of drug-likeness (QED) is 0.682. The third-order valence-electron chi connectivity index (χ3n) is 3.34. The van der Waals surface area contributed by atoms with Crippen molar-refractivity contribution in [1.82, 2.24) is 5.43 Å². The highest BCUT2D eigenvalue weighted by Crippen LogP contribution is 2.30. The molecule has 0 atom stereocenters. The van der Waals surface area contributed by atoms with Crippen molar-refractivity contribution in [3.63, 3.8) is 0 Å². The van der Waals surface area contributed by atoms with Crippen molar-refractivity contribution in [2.75, 3.05) is 13.2 Å². The molecule has 1 N–H and O–H groups in total. The summed E-state index contributed by atoms with van der Waals surface area (Å²) in [6, 6.07) is 0. The van der Waals surface area contributed by atoms with Gasteiger partial charge in [-0.05, 0) is 33.6 Å². The Bertz CT molecular complexity index is 603. The van der Waals surface area contributed by atoms with Gasteiger partial charge in [-0.25, -0.2) is 15.0 Å². The number of hydrogen-bond donors (Lipinski definition) is 1. The summed E-state index contributed by atoms with van der Waals surface area (Å²) in [6.07, 6.45) is 1.66. The average Bonchev–Trinajstić information content (AvgIpc) is 2.84. The molecular weight excluding hydrogens is 288 g/mol. The highest BCUT2D eigenvalue weighted by molar-refractivity contribution is 6.06. The number of esters is 1. The Hall–Kier alpha value is -2.31. The number of ether oxygens (including phenoxy) is 2. The lowest BCUT2D eigenvalue weighted by Crippen LogP contribution is -2.22. The number of furan rings is 1. The fourth-order valence-electron chi connectivity index (χ4n) is 2.45. The molecule has 1 aromatic rings. The van der Waals surface area contributed by atoms with Crippen LogP contribution in [0.15, 0.2) is 9.52 Å². The normalized spacial score (nSPS) is 15.3. The number of hydrazone groups is 1. The van der Waals surface area contributed by atoms with Crippen LogP contribution in [0.5, 0.6) is 0 Å². The molecule has 1 heterocycles. The summed E-state index contributed by atoms with van der Waals surface area (Å²) in [4.78, 5) is 23.2. The molecule has 1 aromatic heterocycles. The minimum Gasteiger partial charge on any atom is -0.460 e. The molecule has 0 unspecified atom stereocenters. The van der Waals surface area contributed by atoms with E-state index in [0.29, 0.717) is 23.5 Å². The Balaban J connectivity index is 2.28. The van der Waals surface area contributed by atoms with Gasteiger partial charge in [0.2, 0.25) is 5.76 Å². The van der Waals surface area contributed by atoms with E-state index in [9.17, 15) is 9.59 Å². The first kappa shape index (κ1) is 16.1. The van der Waals surface area contributed by atoms with E-state index in [4.69, 9.17) is 13.9 Å².